The Bertz CT molecular complexity index is 3820. The molecule has 0 nitrogen and oxygen atoms in total. The van der Waals surface area contributed by atoms with Gasteiger partial charge in [-0.2, -0.15) is 0 Å². The fourth-order valence-electron chi connectivity index (χ4n) is 9.89. The maximum absolute atomic E-state index is 2.44. The molecule has 278 valence electrons. The molecule has 0 aliphatic rings. The first-order valence-corrected chi connectivity index (χ1v) is 22.2. The molecule has 0 saturated carbocycles. The molecule has 2 heteroatoms. The number of hydrogen-bond acceptors (Lipinski definition) is 2. The van der Waals surface area contributed by atoms with Gasteiger partial charge in [-0.1, -0.05) is 170 Å². The van der Waals surface area contributed by atoms with Crippen molar-refractivity contribution in [3.8, 4) is 44.5 Å². The topological polar surface area (TPSA) is 0 Å². The van der Waals surface area contributed by atoms with Gasteiger partial charge in [-0.3, -0.25) is 0 Å². The van der Waals surface area contributed by atoms with E-state index >= 15 is 0 Å². The first kappa shape index (κ1) is 33.8. The largest absolute Gasteiger partial charge is 0.135 e. The normalized spacial score (nSPS) is 12.0. The summed E-state index contributed by atoms with van der Waals surface area (Å²) in [5.74, 6) is 0. The van der Waals surface area contributed by atoms with E-state index < -0.39 is 0 Å². The lowest BCUT2D eigenvalue weighted by atomic mass is 9.85. The summed E-state index contributed by atoms with van der Waals surface area (Å²) in [6.45, 7) is 0. The average molecular weight is 795 g/mol. The Hall–Kier alpha value is -7.10. The van der Waals surface area contributed by atoms with Gasteiger partial charge in [-0.05, 0) is 124 Å². The van der Waals surface area contributed by atoms with Crippen molar-refractivity contribution in [2.24, 2.45) is 0 Å². The Labute approximate surface area is 354 Å². The van der Waals surface area contributed by atoms with Gasteiger partial charge in [-0.25, -0.2) is 0 Å². The molecular weight excluding hydrogens is 761 g/mol. The standard InChI is InChI=1S/C58H34S2/c1-2-13-38-30-40(29-24-35(38)12-1)39-14-11-15-41(31-39)57-47-21-7-5-19-45(47)56(46-20-6-8-22-48(46)57)37-27-25-36(26-28-37)49-32-55-58(44-18-4-3-16-42(44)49)51-34-53-50(33-54(51)60-55)43-17-9-10-23-52(43)59-53/h1-34H. The van der Waals surface area contributed by atoms with Crippen molar-refractivity contribution < 1.29 is 0 Å². The molecule has 60 heavy (non-hydrogen) atoms. The zero-order valence-electron chi connectivity index (χ0n) is 32.4. The molecule has 0 atom stereocenters. The summed E-state index contributed by atoms with van der Waals surface area (Å²) in [5.41, 5.74) is 9.97. The van der Waals surface area contributed by atoms with Crippen LogP contribution in [0, 0.1) is 0 Å². The Morgan fingerprint density at radius 1 is 0.233 bits per heavy atom. The van der Waals surface area contributed by atoms with Crippen molar-refractivity contribution >= 4 is 106 Å². The molecule has 0 fully saturated rings. The van der Waals surface area contributed by atoms with Gasteiger partial charge in [-0.15, -0.1) is 22.7 Å². The van der Waals surface area contributed by atoms with Crippen LogP contribution in [0.3, 0.4) is 0 Å². The van der Waals surface area contributed by atoms with E-state index in [0.29, 0.717) is 0 Å². The van der Waals surface area contributed by atoms with E-state index in [4.69, 9.17) is 0 Å². The molecule has 0 N–H and O–H groups in total. The third-order valence-electron chi connectivity index (χ3n) is 12.6. The summed E-state index contributed by atoms with van der Waals surface area (Å²) in [4.78, 5) is 0. The molecule has 2 aromatic heterocycles. The SMILES string of the molecule is c1cc(-c2ccc3ccccc3c2)cc(-c2c3ccccc3c(-c3ccc(-c4cc5sc6cc7c(cc6c5c5ccccc45)sc4ccccc47)cc3)c3ccccc23)c1. The van der Waals surface area contributed by atoms with E-state index in [1.807, 2.05) is 22.7 Å². The molecule has 13 rings (SSSR count). The van der Waals surface area contributed by atoms with Crippen LogP contribution in [0.15, 0.2) is 206 Å². The highest BCUT2D eigenvalue weighted by Crippen LogP contribution is 2.48. The summed E-state index contributed by atoms with van der Waals surface area (Å²) < 4.78 is 5.39. The van der Waals surface area contributed by atoms with E-state index in [1.54, 1.807) is 0 Å². The molecule has 2 heterocycles. The van der Waals surface area contributed by atoms with Crippen LogP contribution in [0.25, 0.3) is 128 Å². The summed E-state index contributed by atoms with van der Waals surface area (Å²) in [6.07, 6.45) is 0. The van der Waals surface area contributed by atoms with Crippen molar-refractivity contribution in [1.82, 2.24) is 0 Å². The van der Waals surface area contributed by atoms with Gasteiger partial charge in [0.15, 0.2) is 0 Å². The first-order chi connectivity index (χ1) is 29.7. The average Bonchev–Trinajstić information content (AvgIpc) is 3.86. The van der Waals surface area contributed by atoms with Crippen molar-refractivity contribution in [3.05, 3.63) is 206 Å². The lowest BCUT2D eigenvalue weighted by Crippen LogP contribution is -1.91. The molecule has 0 aliphatic carbocycles. The summed E-state index contributed by atoms with van der Waals surface area (Å²) >= 11 is 3.82. The van der Waals surface area contributed by atoms with Gasteiger partial charge in [0.05, 0.1) is 0 Å². The van der Waals surface area contributed by atoms with Crippen molar-refractivity contribution in [3.63, 3.8) is 0 Å². The van der Waals surface area contributed by atoms with E-state index in [2.05, 4.69) is 206 Å². The van der Waals surface area contributed by atoms with E-state index in [1.165, 1.54) is 128 Å². The number of hydrogen-bond donors (Lipinski definition) is 0. The first-order valence-electron chi connectivity index (χ1n) is 20.6. The molecular formula is C58H34S2. The maximum Gasteiger partial charge on any atom is 0.0368 e. The Morgan fingerprint density at radius 2 is 0.750 bits per heavy atom. The van der Waals surface area contributed by atoms with E-state index in [0.717, 1.165) is 0 Å². The molecule has 0 saturated heterocycles. The predicted molar refractivity (Wildman–Crippen MR) is 264 cm³/mol. The minimum absolute atomic E-state index is 1.22. The van der Waals surface area contributed by atoms with Crippen LogP contribution in [0.5, 0.6) is 0 Å². The summed E-state index contributed by atoms with van der Waals surface area (Å²) in [5, 5.41) is 15.6. The number of rotatable bonds is 4. The van der Waals surface area contributed by atoms with Crippen LogP contribution < -0.4 is 0 Å². The Balaban J connectivity index is 0.954. The van der Waals surface area contributed by atoms with Gasteiger partial charge in [0.2, 0.25) is 0 Å². The summed E-state index contributed by atoms with van der Waals surface area (Å²) in [7, 11) is 0. The van der Waals surface area contributed by atoms with Crippen LogP contribution >= 0.6 is 22.7 Å². The van der Waals surface area contributed by atoms with E-state index in [9.17, 15) is 0 Å². The van der Waals surface area contributed by atoms with Crippen LogP contribution in [-0.4, -0.2) is 0 Å². The highest BCUT2D eigenvalue weighted by atomic mass is 32.1. The van der Waals surface area contributed by atoms with Crippen LogP contribution in [0.1, 0.15) is 0 Å². The number of thiophene rings is 2. The lowest BCUT2D eigenvalue weighted by Gasteiger charge is -2.18. The molecule has 0 spiro atoms. The number of benzene rings is 11. The van der Waals surface area contributed by atoms with Crippen molar-refractivity contribution in [2.45, 2.75) is 0 Å². The maximum atomic E-state index is 2.44. The van der Waals surface area contributed by atoms with Crippen LogP contribution in [0.4, 0.5) is 0 Å². The fourth-order valence-corrected chi connectivity index (χ4v) is 12.2. The molecule has 0 bridgehead atoms. The zero-order valence-corrected chi connectivity index (χ0v) is 34.1. The van der Waals surface area contributed by atoms with Gasteiger partial charge >= 0.3 is 0 Å². The van der Waals surface area contributed by atoms with Gasteiger partial charge in [0.25, 0.3) is 0 Å². The van der Waals surface area contributed by atoms with Crippen molar-refractivity contribution in [1.29, 1.82) is 0 Å². The molecule has 0 radical (unpaired) electrons. The zero-order chi connectivity index (χ0) is 39.3. The van der Waals surface area contributed by atoms with Crippen LogP contribution in [-0.2, 0) is 0 Å². The van der Waals surface area contributed by atoms with Gasteiger partial charge in [0, 0.05) is 40.3 Å². The van der Waals surface area contributed by atoms with Gasteiger partial charge < -0.3 is 0 Å². The molecule has 13 aromatic rings. The highest BCUT2D eigenvalue weighted by Gasteiger charge is 2.19. The van der Waals surface area contributed by atoms with E-state index in [-0.39, 0.29) is 0 Å². The smallest absolute Gasteiger partial charge is 0.0368 e. The van der Waals surface area contributed by atoms with Crippen LogP contribution in [0.2, 0.25) is 0 Å². The minimum Gasteiger partial charge on any atom is -0.135 e. The second kappa shape index (κ2) is 13.2. The minimum atomic E-state index is 1.22. The Kier molecular flexibility index (Phi) is 7.45. The number of fused-ring (bicyclic) bond motifs is 11. The molecule has 0 amide bonds. The second-order valence-electron chi connectivity index (χ2n) is 15.9. The summed E-state index contributed by atoms with van der Waals surface area (Å²) in [6, 6.07) is 76.9. The molecule has 0 aliphatic heterocycles. The Morgan fingerprint density at radius 3 is 1.50 bits per heavy atom. The highest BCUT2D eigenvalue weighted by molar-refractivity contribution is 7.27. The fraction of sp³-hybridized carbons (Fsp3) is 0. The monoisotopic (exact) mass is 794 g/mol. The third-order valence-corrected chi connectivity index (χ3v) is 14.9. The second-order valence-corrected chi connectivity index (χ2v) is 18.1. The lowest BCUT2D eigenvalue weighted by molar-refractivity contribution is 1.62. The molecule has 11 aromatic carbocycles. The van der Waals surface area contributed by atoms with Gasteiger partial charge in [0.1, 0.15) is 0 Å². The third kappa shape index (κ3) is 5.15. The predicted octanol–water partition coefficient (Wildman–Crippen LogP) is 17.7. The quantitative estimate of drug-likeness (QED) is 0.156. The molecule has 0 unspecified atom stereocenters. The van der Waals surface area contributed by atoms with Crippen molar-refractivity contribution in [2.75, 3.05) is 0 Å².